The number of aryl methyl sites for hydroxylation is 1. The summed E-state index contributed by atoms with van der Waals surface area (Å²) >= 11 is 1.31. The van der Waals surface area contributed by atoms with Gasteiger partial charge in [-0.25, -0.2) is 12.8 Å². The van der Waals surface area contributed by atoms with Crippen LogP contribution in [0.15, 0.2) is 39.8 Å². The quantitative estimate of drug-likeness (QED) is 0.571. The molecule has 0 N–H and O–H groups in total. The van der Waals surface area contributed by atoms with Crippen molar-refractivity contribution < 1.29 is 17.3 Å². The Morgan fingerprint density at radius 3 is 2.53 bits per heavy atom. The van der Waals surface area contributed by atoms with E-state index in [0.29, 0.717) is 34.2 Å². The van der Waals surface area contributed by atoms with Crippen LogP contribution in [0.2, 0.25) is 0 Å². The fraction of sp³-hybridized carbons (Fsp3) is 0.400. The van der Waals surface area contributed by atoms with Gasteiger partial charge in [-0.15, -0.1) is 11.3 Å². The highest BCUT2D eigenvalue weighted by Crippen LogP contribution is 2.35. The lowest BCUT2D eigenvalue weighted by Crippen LogP contribution is -2.48. The molecule has 0 atom stereocenters. The Kier molecular flexibility index (Phi) is 6.01. The second-order valence-electron chi connectivity index (χ2n) is 7.21. The molecule has 0 spiro atoms. The van der Waals surface area contributed by atoms with Crippen LogP contribution in [-0.2, 0) is 10.0 Å². The predicted molar refractivity (Wildman–Crippen MR) is 113 cm³/mol. The minimum atomic E-state index is -3.58. The largest absolute Gasteiger partial charge is 0.333 e. The molecule has 3 heterocycles. The minimum Gasteiger partial charge on any atom is -0.333 e. The number of nitrogens with zero attached hydrogens (tertiary/aromatic N) is 4. The lowest BCUT2D eigenvalue weighted by molar-refractivity contribution is 0.188. The molecule has 1 fully saturated rings. The fourth-order valence-corrected chi connectivity index (χ4v) is 6.42. The maximum absolute atomic E-state index is 13.2. The Hall–Kier alpha value is -2.14. The van der Waals surface area contributed by atoms with Crippen LogP contribution >= 0.6 is 11.3 Å². The van der Waals surface area contributed by atoms with Gasteiger partial charge in [0.2, 0.25) is 15.8 Å². The number of benzene rings is 1. The van der Waals surface area contributed by atoms with Crippen molar-refractivity contribution in [2.75, 3.05) is 32.7 Å². The van der Waals surface area contributed by atoms with Crippen LogP contribution < -0.4 is 0 Å². The molecule has 0 amide bonds. The van der Waals surface area contributed by atoms with E-state index in [9.17, 15) is 12.8 Å². The molecule has 7 nitrogen and oxygen atoms in total. The van der Waals surface area contributed by atoms with Gasteiger partial charge >= 0.3 is 0 Å². The van der Waals surface area contributed by atoms with Gasteiger partial charge in [-0.3, -0.25) is 0 Å². The third-order valence-corrected chi connectivity index (χ3v) is 8.29. The highest BCUT2D eigenvalue weighted by atomic mass is 32.2. The van der Waals surface area contributed by atoms with E-state index < -0.39 is 10.0 Å². The molecule has 2 aromatic heterocycles. The Bertz CT molecular complexity index is 1120. The first-order valence-corrected chi connectivity index (χ1v) is 12.1. The van der Waals surface area contributed by atoms with Gasteiger partial charge in [0.25, 0.3) is 5.89 Å². The highest BCUT2D eigenvalue weighted by Gasteiger charge is 2.31. The van der Waals surface area contributed by atoms with Gasteiger partial charge in [-0.1, -0.05) is 12.1 Å². The summed E-state index contributed by atoms with van der Waals surface area (Å²) in [6.45, 7) is 7.36. The first kappa shape index (κ1) is 21.1. The molecule has 30 heavy (non-hydrogen) atoms. The van der Waals surface area contributed by atoms with E-state index in [1.54, 1.807) is 29.4 Å². The molecule has 3 aromatic rings. The van der Waals surface area contributed by atoms with E-state index in [1.165, 1.54) is 23.5 Å². The first-order chi connectivity index (χ1) is 14.4. The van der Waals surface area contributed by atoms with Crippen molar-refractivity contribution in [3.05, 3.63) is 41.0 Å². The zero-order chi connectivity index (χ0) is 21.3. The maximum Gasteiger partial charge on any atom is 0.268 e. The molecule has 0 saturated carbocycles. The van der Waals surface area contributed by atoms with Crippen LogP contribution in [0.4, 0.5) is 4.39 Å². The summed E-state index contributed by atoms with van der Waals surface area (Å²) in [6.07, 6.45) is 1.06. The SMILES string of the molecule is CCCN1CCN(S(=O)(=O)c2cc(-c3nc(-c4ccc(F)cc4)no3)sc2C)CC1. The molecule has 10 heteroatoms. The van der Waals surface area contributed by atoms with Gasteiger partial charge < -0.3 is 9.42 Å². The van der Waals surface area contributed by atoms with Crippen molar-refractivity contribution in [2.45, 2.75) is 25.2 Å². The summed E-state index contributed by atoms with van der Waals surface area (Å²) in [4.78, 5) is 8.20. The minimum absolute atomic E-state index is 0.247. The maximum atomic E-state index is 13.2. The van der Waals surface area contributed by atoms with Crippen LogP contribution in [-0.4, -0.2) is 60.5 Å². The molecule has 0 unspecified atom stereocenters. The lowest BCUT2D eigenvalue weighted by atomic mass is 10.2. The molecule has 1 saturated heterocycles. The summed E-state index contributed by atoms with van der Waals surface area (Å²) in [7, 11) is -3.58. The van der Waals surface area contributed by atoms with Crippen LogP contribution in [0.3, 0.4) is 0 Å². The number of halogens is 1. The molecule has 0 aliphatic carbocycles. The monoisotopic (exact) mass is 450 g/mol. The Labute approximate surface area is 179 Å². The molecular weight excluding hydrogens is 427 g/mol. The second kappa shape index (κ2) is 8.54. The average molecular weight is 451 g/mol. The Balaban J connectivity index is 1.56. The Morgan fingerprint density at radius 1 is 1.17 bits per heavy atom. The van der Waals surface area contributed by atoms with Gasteiger partial charge in [-0.2, -0.15) is 9.29 Å². The number of sulfonamides is 1. The topological polar surface area (TPSA) is 79.5 Å². The molecule has 1 aliphatic heterocycles. The van der Waals surface area contributed by atoms with Crippen molar-refractivity contribution in [1.29, 1.82) is 0 Å². The van der Waals surface area contributed by atoms with Gasteiger partial charge in [0.05, 0.1) is 9.77 Å². The van der Waals surface area contributed by atoms with Crippen molar-refractivity contribution in [3.63, 3.8) is 0 Å². The van der Waals surface area contributed by atoms with E-state index in [-0.39, 0.29) is 16.6 Å². The predicted octanol–water partition coefficient (Wildman–Crippen LogP) is 3.63. The van der Waals surface area contributed by atoms with Gasteiger partial charge in [-0.05, 0) is 50.2 Å². The zero-order valence-corrected chi connectivity index (χ0v) is 18.5. The van der Waals surface area contributed by atoms with Gasteiger partial charge in [0, 0.05) is 36.6 Å². The van der Waals surface area contributed by atoms with Crippen molar-refractivity contribution >= 4 is 21.4 Å². The number of piperazine rings is 1. The molecular formula is C20H23FN4O3S2. The summed E-state index contributed by atoms with van der Waals surface area (Å²) in [5.41, 5.74) is 0.623. The molecule has 0 radical (unpaired) electrons. The van der Waals surface area contributed by atoms with E-state index in [4.69, 9.17) is 4.52 Å². The van der Waals surface area contributed by atoms with Crippen molar-refractivity contribution in [3.8, 4) is 22.2 Å². The van der Waals surface area contributed by atoms with Crippen LogP contribution in [0.25, 0.3) is 22.2 Å². The van der Waals surface area contributed by atoms with Gasteiger partial charge in [0.15, 0.2) is 0 Å². The van der Waals surface area contributed by atoms with E-state index in [2.05, 4.69) is 22.0 Å². The standard InChI is InChI=1S/C20H23FN4O3S2/c1-3-8-24-9-11-25(12-10-24)30(26,27)18-13-17(29-14(18)2)20-22-19(23-28-20)15-4-6-16(21)7-5-15/h4-7,13H,3,8-12H2,1-2H3. The molecule has 4 rings (SSSR count). The number of rotatable bonds is 6. The second-order valence-corrected chi connectivity index (χ2v) is 10.4. The highest BCUT2D eigenvalue weighted by molar-refractivity contribution is 7.89. The Morgan fingerprint density at radius 2 is 1.87 bits per heavy atom. The lowest BCUT2D eigenvalue weighted by Gasteiger charge is -2.33. The van der Waals surface area contributed by atoms with Crippen LogP contribution in [0.1, 0.15) is 18.2 Å². The molecule has 160 valence electrons. The van der Waals surface area contributed by atoms with Crippen LogP contribution in [0.5, 0.6) is 0 Å². The zero-order valence-electron chi connectivity index (χ0n) is 16.8. The van der Waals surface area contributed by atoms with Crippen LogP contribution in [0, 0.1) is 12.7 Å². The molecule has 1 aliphatic rings. The van der Waals surface area contributed by atoms with E-state index in [0.717, 1.165) is 26.1 Å². The van der Waals surface area contributed by atoms with E-state index >= 15 is 0 Å². The summed E-state index contributed by atoms with van der Waals surface area (Å²) < 4.78 is 46.4. The average Bonchev–Trinajstić information content (AvgIpc) is 3.36. The summed E-state index contributed by atoms with van der Waals surface area (Å²) in [6, 6.07) is 7.39. The van der Waals surface area contributed by atoms with Gasteiger partial charge in [0.1, 0.15) is 5.82 Å². The first-order valence-electron chi connectivity index (χ1n) is 9.81. The normalized spacial score (nSPS) is 16.2. The third-order valence-electron chi connectivity index (χ3n) is 5.10. The summed E-state index contributed by atoms with van der Waals surface area (Å²) in [5, 5.41) is 3.94. The molecule has 0 bridgehead atoms. The number of thiophene rings is 1. The third kappa shape index (κ3) is 4.18. The smallest absolute Gasteiger partial charge is 0.268 e. The van der Waals surface area contributed by atoms with Crippen molar-refractivity contribution in [1.82, 2.24) is 19.3 Å². The van der Waals surface area contributed by atoms with Crippen molar-refractivity contribution in [2.24, 2.45) is 0 Å². The summed E-state index contributed by atoms with van der Waals surface area (Å²) in [5.74, 6) is 0.228. The number of aromatic nitrogens is 2. The molecule has 1 aromatic carbocycles. The fourth-order valence-electron chi connectivity index (χ4n) is 3.52. The number of hydrogen-bond donors (Lipinski definition) is 0. The van der Waals surface area contributed by atoms with E-state index in [1.807, 2.05) is 0 Å². The number of hydrogen-bond acceptors (Lipinski definition) is 7.